The van der Waals surface area contributed by atoms with Crippen LogP contribution in [0.15, 0.2) is 84.2 Å². The van der Waals surface area contributed by atoms with E-state index in [9.17, 15) is 9.59 Å². The highest BCUT2D eigenvalue weighted by atomic mass is 32.1. The maximum atomic E-state index is 14.4. The van der Waals surface area contributed by atoms with Crippen LogP contribution in [-0.4, -0.2) is 36.1 Å². The Morgan fingerprint density at radius 2 is 1.71 bits per heavy atom. The van der Waals surface area contributed by atoms with Crippen LogP contribution < -0.4 is 10.2 Å². The summed E-state index contributed by atoms with van der Waals surface area (Å²) in [5, 5.41) is 5.05. The zero-order valence-corrected chi connectivity index (χ0v) is 24.1. The molecule has 3 heterocycles. The van der Waals surface area contributed by atoms with Gasteiger partial charge in [0.05, 0.1) is 6.10 Å². The minimum absolute atomic E-state index is 0.0127. The van der Waals surface area contributed by atoms with E-state index < -0.39 is 6.04 Å². The van der Waals surface area contributed by atoms with Gasteiger partial charge in [0.15, 0.2) is 6.04 Å². The maximum Gasteiger partial charge on any atom is 0.275 e. The van der Waals surface area contributed by atoms with Gasteiger partial charge in [0.2, 0.25) is 5.91 Å². The third kappa shape index (κ3) is 6.31. The Morgan fingerprint density at radius 3 is 2.41 bits per heavy atom. The lowest BCUT2D eigenvalue weighted by Gasteiger charge is -2.31. The largest absolute Gasteiger partial charge is 0.376 e. The van der Waals surface area contributed by atoms with Crippen LogP contribution in [0.2, 0.25) is 0 Å². The number of nitrogens with zero attached hydrogens (tertiary/aromatic N) is 1. The van der Waals surface area contributed by atoms with Crippen molar-refractivity contribution in [1.82, 2.24) is 10.3 Å². The number of H-pyrrole nitrogens is 1. The number of carbonyl (C=O) groups is 2. The lowest BCUT2D eigenvalue weighted by molar-refractivity contribution is -0.122. The maximum absolute atomic E-state index is 14.4. The van der Waals surface area contributed by atoms with E-state index in [2.05, 4.69) is 22.4 Å². The summed E-state index contributed by atoms with van der Waals surface area (Å²) in [5.74, 6) is 0.104. The van der Waals surface area contributed by atoms with Crippen molar-refractivity contribution in [2.75, 3.05) is 18.1 Å². The molecule has 1 saturated heterocycles. The summed E-state index contributed by atoms with van der Waals surface area (Å²) in [5.41, 5.74) is 4.31. The van der Waals surface area contributed by atoms with Gasteiger partial charge < -0.3 is 15.0 Å². The molecule has 2 fully saturated rings. The van der Waals surface area contributed by atoms with Gasteiger partial charge in [-0.1, -0.05) is 67.8 Å². The minimum Gasteiger partial charge on any atom is -0.376 e. The molecule has 41 heavy (non-hydrogen) atoms. The molecule has 2 amide bonds. The van der Waals surface area contributed by atoms with Crippen LogP contribution in [-0.2, 0) is 9.53 Å². The molecule has 0 radical (unpaired) electrons. The highest BCUT2D eigenvalue weighted by Gasteiger charge is 2.35. The van der Waals surface area contributed by atoms with E-state index in [0.29, 0.717) is 23.8 Å². The van der Waals surface area contributed by atoms with Crippen molar-refractivity contribution in [2.45, 2.75) is 63.0 Å². The first kappa shape index (κ1) is 27.5. The number of thiophene rings is 1. The number of anilines is 1. The van der Waals surface area contributed by atoms with Crippen LogP contribution in [0.25, 0.3) is 11.3 Å². The predicted molar refractivity (Wildman–Crippen MR) is 164 cm³/mol. The smallest absolute Gasteiger partial charge is 0.275 e. The molecule has 0 spiro atoms. The molecule has 2 N–H and O–H groups in total. The van der Waals surface area contributed by atoms with Crippen LogP contribution in [0.1, 0.15) is 77.8 Å². The second-order valence-electron chi connectivity index (χ2n) is 11.1. The topological polar surface area (TPSA) is 74.4 Å². The summed E-state index contributed by atoms with van der Waals surface area (Å²) in [4.78, 5) is 34.1. The molecule has 6 nitrogen and oxygen atoms in total. The molecule has 1 saturated carbocycles. The van der Waals surface area contributed by atoms with Crippen molar-refractivity contribution in [3.8, 4) is 11.3 Å². The van der Waals surface area contributed by atoms with Crippen LogP contribution in [0, 0.1) is 0 Å². The Labute approximate surface area is 245 Å². The number of nitrogens with one attached hydrogen (secondary N) is 2. The number of rotatable bonds is 9. The second kappa shape index (κ2) is 12.9. The Kier molecular flexibility index (Phi) is 8.63. The molecule has 0 unspecified atom stereocenters. The van der Waals surface area contributed by atoms with Crippen LogP contribution in [0.3, 0.4) is 0 Å². The fraction of sp³-hybridized carbons (Fsp3) is 0.353. The van der Waals surface area contributed by atoms with Gasteiger partial charge in [-0.2, -0.15) is 0 Å². The first-order valence-electron chi connectivity index (χ1n) is 14.8. The predicted octanol–water partition coefficient (Wildman–Crippen LogP) is 7.47. The van der Waals surface area contributed by atoms with Crippen LogP contribution >= 0.6 is 11.3 Å². The van der Waals surface area contributed by atoms with Gasteiger partial charge >= 0.3 is 0 Å². The molecule has 0 bridgehead atoms. The number of benzene rings is 2. The van der Waals surface area contributed by atoms with Crippen molar-refractivity contribution >= 4 is 28.8 Å². The number of hydrogen-bond donors (Lipinski definition) is 2. The number of aromatic nitrogens is 1. The standard InChI is InChI=1S/C34H37N3O3S/c38-33(35-23-28-13-7-21-40-28)32(31-14-8-22-41-31)37(27-17-15-25(16-18-27)24-9-3-1-4-10-24)34(39)30-20-19-29(36-30)26-11-5-2-6-12-26/h2,5-6,8,11-12,14-20,22,24,28,32,36H,1,3-4,7,9-10,13,21,23H2,(H,35,38)/t28-,32+/m1/s1. The van der Waals surface area contributed by atoms with E-state index in [1.54, 1.807) is 4.90 Å². The van der Waals surface area contributed by atoms with E-state index in [1.165, 1.54) is 49.0 Å². The lowest BCUT2D eigenvalue weighted by atomic mass is 9.84. The monoisotopic (exact) mass is 567 g/mol. The van der Waals surface area contributed by atoms with Gasteiger partial charge in [0.25, 0.3) is 5.91 Å². The molecule has 2 atom stereocenters. The molecule has 4 aromatic rings. The number of amides is 2. The zero-order valence-electron chi connectivity index (χ0n) is 23.3. The van der Waals surface area contributed by atoms with Crippen molar-refractivity contribution in [3.05, 3.63) is 100 Å². The van der Waals surface area contributed by atoms with Crippen LogP contribution in [0.4, 0.5) is 5.69 Å². The summed E-state index contributed by atoms with van der Waals surface area (Å²) in [7, 11) is 0. The van der Waals surface area contributed by atoms with E-state index >= 15 is 0 Å². The van der Waals surface area contributed by atoms with Crippen molar-refractivity contribution < 1.29 is 14.3 Å². The van der Waals surface area contributed by atoms with Crippen molar-refractivity contribution in [2.24, 2.45) is 0 Å². The fourth-order valence-corrected chi connectivity index (χ4v) is 6.91. The normalized spacial score (nSPS) is 18.2. The zero-order chi connectivity index (χ0) is 28.0. The first-order valence-corrected chi connectivity index (χ1v) is 15.7. The van der Waals surface area contributed by atoms with Gasteiger partial charge in [-0.05, 0) is 78.4 Å². The highest BCUT2D eigenvalue weighted by molar-refractivity contribution is 7.10. The second-order valence-corrected chi connectivity index (χ2v) is 12.0. The van der Waals surface area contributed by atoms with Gasteiger partial charge in [0.1, 0.15) is 5.69 Å². The summed E-state index contributed by atoms with van der Waals surface area (Å²) < 4.78 is 5.75. The molecular weight excluding hydrogens is 530 g/mol. The van der Waals surface area contributed by atoms with E-state index in [4.69, 9.17) is 4.74 Å². The molecule has 7 heteroatoms. The van der Waals surface area contributed by atoms with Crippen molar-refractivity contribution in [1.29, 1.82) is 0 Å². The first-order chi connectivity index (χ1) is 20.2. The van der Waals surface area contributed by atoms with E-state index in [1.807, 2.05) is 72.1 Å². The van der Waals surface area contributed by atoms with Gasteiger partial charge in [0, 0.05) is 29.4 Å². The Hall–Kier alpha value is -3.68. The Bertz CT molecular complexity index is 1420. The van der Waals surface area contributed by atoms with Crippen molar-refractivity contribution in [3.63, 3.8) is 0 Å². The van der Waals surface area contributed by atoms with Gasteiger partial charge in [-0.15, -0.1) is 11.3 Å². The highest BCUT2D eigenvalue weighted by Crippen LogP contribution is 2.36. The molecular formula is C34H37N3O3S. The SMILES string of the molecule is O=C(NC[C@H]1CCCO1)[C@H](c1cccs1)N(C(=O)c1ccc(-c2ccccc2)[nH]1)c1ccc(C2CCCCC2)cc1. The average molecular weight is 568 g/mol. The van der Waals surface area contributed by atoms with E-state index in [0.717, 1.165) is 35.6 Å². The number of hydrogen-bond acceptors (Lipinski definition) is 4. The Balaban J connectivity index is 1.35. The molecule has 1 aliphatic carbocycles. The molecule has 2 aliphatic rings. The summed E-state index contributed by atoms with van der Waals surface area (Å²) in [6.07, 6.45) is 8.19. The molecule has 2 aromatic heterocycles. The third-order valence-electron chi connectivity index (χ3n) is 8.32. The number of carbonyl (C=O) groups excluding carboxylic acids is 2. The lowest BCUT2D eigenvalue weighted by Crippen LogP contribution is -2.45. The number of ether oxygens (including phenoxy) is 1. The van der Waals surface area contributed by atoms with Gasteiger partial charge in [-0.25, -0.2) is 0 Å². The molecule has 2 aromatic carbocycles. The quantitative estimate of drug-likeness (QED) is 0.220. The molecule has 1 aliphatic heterocycles. The molecule has 212 valence electrons. The van der Waals surface area contributed by atoms with E-state index in [-0.39, 0.29) is 17.9 Å². The fourth-order valence-electron chi connectivity index (χ4n) is 6.10. The third-order valence-corrected chi connectivity index (χ3v) is 9.24. The summed E-state index contributed by atoms with van der Waals surface area (Å²) >= 11 is 1.48. The summed E-state index contributed by atoms with van der Waals surface area (Å²) in [6.45, 7) is 1.16. The minimum atomic E-state index is -0.812. The molecule has 6 rings (SSSR count). The van der Waals surface area contributed by atoms with Gasteiger partial charge in [-0.3, -0.25) is 14.5 Å². The Morgan fingerprint density at radius 1 is 0.902 bits per heavy atom. The average Bonchev–Trinajstić information content (AvgIpc) is 3.83. The number of aromatic amines is 1. The van der Waals surface area contributed by atoms with Crippen LogP contribution in [0.5, 0.6) is 0 Å². The summed E-state index contributed by atoms with van der Waals surface area (Å²) in [6, 6.07) is 25.0.